The van der Waals surface area contributed by atoms with Crippen LogP contribution in [0.3, 0.4) is 0 Å². The first-order valence-electron chi connectivity index (χ1n) is 17.8. The van der Waals surface area contributed by atoms with Crippen LogP contribution in [0.1, 0.15) is 5.56 Å². The summed E-state index contributed by atoms with van der Waals surface area (Å²) in [5, 5.41) is 0. The molecular weight excluding hydrogens is 793 g/mol. The van der Waals surface area contributed by atoms with Crippen LogP contribution < -0.4 is 29.4 Å². The maximum absolute atomic E-state index is 11.8. The summed E-state index contributed by atoms with van der Waals surface area (Å²) in [7, 11) is 0. The first-order valence-corrected chi connectivity index (χ1v) is 17.8. The Balaban J connectivity index is 0.000000138. The zero-order valence-corrected chi connectivity index (χ0v) is 31.4. The number of hydrogen-bond donors (Lipinski definition) is 0. The second kappa shape index (κ2) is 16.1. The number of aryl methyl sites for hydroxylation is 1. The molecule has 6 heterocycles. The van der Waals surface area contributed by atoms with Crippen molar-refractivity contribution in [3.63, 3.8) is 0 Å². The maximum Gasteiger partial charge on any atom is 0.258 e. The minimum absolute atomic E-state index is 0.206. The fourth-order valence-corrected chi connectivity index (χ4v) is 6.45. The summed E-state index contributed by atoms with van der Waals surface area (Å²) in [5.41, 5.74) is 2.57. The lowest BCUT2D eigenvalue weighted by atomic mass is 10.1. The van der Waals surface area contributed by atoms with Gasteiger partial charge < -0.3 is 0 Å². The number of nitrogens with zero attached hydrogens (tertiary/aromatic N) is 6. The van der Waals surface area contributed by atoms with Gasteiger partial charge in [0.25, 0.3) is 70.9 Å². The van der Waals surface area contributed by atoms with Crippen LogP contribution in [0, 0.1) is 6.92 Å². The summed E-state index contributed by atoms with van der Waals surface area (Å²) in [5.74, 6) is -5.49. The van der Waals surface area contributed by atoms with Gasteiger partial charge in [0, 0.05) is 72.9 Å². The SMILES string of the molecule is Cc1ccc(N2C(=O)C=CC2=O)cc1N1C(=O)C=CC1=O.O=C1C=CC(=O)N1c1ccc(N2C(=O)C=CC2=O)cc1.O=C1C=CC(=O)N1c1ccccc1N1C(=O)C=CC1=O. The number of para-hydroxylation sites is 2. The van der Waals surface area contributed by atoms with E-state index in [2.05, 4.69) is 0 Å². The number of imide groups is 6. The monoisotopic (exact) mass is 818 g/mol. The van der Waals surface area contributed by atoms with E-state index in [0.717, 1.165) is 53.7 Å². The fraction of sp³-hybridized carbons (Fsp3) is 0.0233. The Labute approximate surface area is 343 Å². The summed E-state index contributed by atoms with van der Waals surface area (Å²) < 4.78 is 0. The van der Waals surface area contributed by atoms with Gasteiger partial charge in [-0.3, -0.25) is 57.5 Å². The van der Waals surface area contributed by atoms with Crippen molar-refractivity contribution in [2.24, 2.45) is 0 Å². The van der Waals surface area contributed by atoms with Crippen LogP contribution in [0.4, 0.5) is 34.1 Å². The molecule has 6 aliphatic heterocycles. The highest BCUT2D eigenvalue weighted by Gasteiger charge is 2.34. The zero-order chi connectivity index (χ0) is 43.7. The van der Waals surface area contributed by atoms with Gasteiger partial charge in [-0.05, 0) is 61.0 Å². The number of hydrogen-bond acceptors (Lipinski definition) is 12. The summed E-state index contributed by atoms with van der Waals surface area (Å²) in [6, 6.07) is 17.0. The van der Waals surface area contributed by atoms with E-state index in [-0.39, 0.29) is 11.4 Å². The van der Waals surface area contributed by atoms with Crippen molar-refractivity contribution in [3.05, 3.63) is 145 Å². The van der Waals surface area contributed by atoms with Crippen LogP contribution >= 0.6 is 0 Å². The number of anilines is 6. The van der Waals surface area contributed by atoms with Crippen LogP contribution in [0.15, 0.2) is 140 Å². The van der Waals surface area contributed by atoms with Gasteiger partial charge in [0.15, 0.2) is 0 Å². The quantitative estimate of drug-likeness (QED) is 0.326. The lowest BCUT2D eigenvalue weighted by molar-refractivity contribution is -0.122. The molecule has 0 saturated carbocycles. The minimum atomic E-state index is -0.505. The van der Waals surface area contributed by atoms with Gasteiger partial charge in [0.05, 0.1) is 34.1 Å². The van der Waals surface area contributed by atoms with E-state index in [4.69, 9.17) is 0 Å². The van der Waals surface area contributed by atoms with E-state index in [0.29, 0.717) is 28.3 Å². The summed E-state index contributed by atoms with van der Waals surface area (Å²) in [4.78, 5) is 146. The summed E-state index contributed by atoms with van der Waals surface area (Å²) in [6.07, 6.45) is 14.0. The average Bonchev–Trinajstić information content (AvgIpc) is 4.09. The molecule has 9 rings (SSSR count). The molecule has 6 aliphatic rings. The van der Waals surface area contributed by atoms with Gasteiger partial charge in [-0.1, -0.05) is 18.2 Å². The second-order valence-corrected chi connectivity index (χ2v) is 13.0. The molecule has 0 fully saturated rings. The third-order valence-electron chi connectivity index (χ3n) is 9.28. The molecule has 0 N–H and O–H groups in total. The van der Waals surface area contributed by atoms with Crippen molar-refractivity contribution in [2.75, 3.05) is 29.4 Å². The Morgan fingerprint density at radius 1 is 0.262 bits per heavy atom. The predicted molar refractivity (Wildman–Crippen MR) is 214 cm³/mol. The van der Waals surface area contributed by atoms with Crippen LogP contribution in [0.2, 0.25) is 0 Å². The summed E-state index contributed by atoms with van der Waals surface area (Å²) in [6.45, 7) is 1.74. The number of carbonyl (C=O) groups excluding carboxylic acids is 12. The number of benzene rings is 3. The molecule has 61 heavy (non-hydrogen) atoms. The normalized spacial score (nSPS) is 17.7. The van der Waals surface area contributed by atoms with E-state index >= 15 is 0 Å². The molecular formula is C43H26N6O12. The highest BCUT2D eigenvalue weighted by Crippen LogP contribution is 2.33. The van der Waals surface area contributed by atoms with Crippen molar-refractivity contribution in [2.45, 2.75) is 6.92 Å². The molecule has 3 aromatic rings. The molecule has 0 spiro atoms. The van der Waals surface area contributed by atoms with E-state index < -0.39 is 70.9 Å². The molecule has 0 radical (unpaired) electrons. The van der Waals surface area contributed by atoms with Crippen molar-refractivity contribution < 1.29 is 57.5 Å². The smallest absolute Gasteiger partial charge is 0.258 e. The van der Waals surface area contributed by atoms with Crippen molar-refractivity contribution in [3.8, 4) is 0 Å². The maximum atomic E-state index is 11.8. The molecule has 0 atom stereocenters. The lowest BCUT2D eigenvalue weighted by Crippen LogP contribution is -2.35. The fourth-order valence-electron chi connectivity index (χ4n) is 6.45. The summed E-state index contributed by atoms with van der Waals surface area (Å²) >= 11 is 0. The highest BCUT2D eigenvalue weighted by atomic mass is 16.2. The van der Waals surface area contributed by atoms with Gasteiger partial charge in [0.1, 0.15) is 0 Å². The topological polar surface area (TPSA) is 224 Å². The average molecular weight is 819 g/mol. The molecule has 12 amide bonds. The van der Waals surface area contributed by atoms with E-state index in [9.17, 15) is 57.5 Å². The third kappa shape index (κ3) is 7.57. The van der Waals surface area contributed by atoms with E-state index in [1.807, 2.05) is 0 Å². The molecule has 18 heteroatoms. The molecule has 300 valence electrons. The Morgan fingerprint density at radius 3 is 0.787 bits per heavy atom. The van der Waals surface area contributed by atoms with Crippen LogP contribution in [-0.2, 0) is 57.5 Å². The molecule has 3 aromatic carbocycles. The number of carbonyl (C=O) groups is 12. The lowest BCUT2D eigenvalue weighted by Gasteiger charge is -2.22. The highest BCUT2D eigenvalue weighted by molar-refractivity contribution is 6.34. The Hall–Kier alpha value is -9.06. The third-order valence-corrected chi connectivity index (χ3v) is 9.28. The second-order valence-electron chi connectivity index (χ2n) is 13.0. The van der Waals surface area contributed by atoms with Crippen LogP contribution in [0.25, 0.3) is 0 Å². The Kier molecular flexibility index (Phi) is 10.6. The Morgan fingerprint density at radius 2 is 0.492 bits per heavy atom. The molecule has 0 aromatic heterocycles. The van der Waals surface area contributed by atoms with Gasteiger partial charge >= 0.3 is 0 Å². The molecule has 0 aliphatic carbocycles. The van der Waals surface area contributed by atoms with Gasteiger partial charge in [-0.25, -0.2) is 29.4 Å². The molecule has 18 nitrogen and oxygen atoms in total. The molecule has 0 bridgehead atoms. The molecule has 0 unspecified atom stereocenters. The van der Waals surface area contributed by atoms with Crippen molar-refractivity contribution in [1.29, 1.82) is 0 Å². The predicted octanol–water partition coefficient (Wildman–Crippen LogP) is 1.94. The van der Waals surface area contributed by atoms with Crippen LogP contribution in [-0.4, -0.2) is 70.9 Å². The zero-order valence-electron chi connectivity index (χ0n) is 31.4. The van der Waals surface area contributed by atoms with Gasteiger partial charge in [-0.2, -0.15) is 0 Å². The van der Waals surface area contributed by atoms with E-state index in [1.54, 1.807) is 31.2 Å². The van der Waals surface area contributed by atoms with Crippen molar-refractivity contribution in [1.82, 2.24) is 0 Å². The first kappa shape index (κ1) is 40.1. The number of rotatable bonds is 6. The minimum Gasteiger partial charge on any atom is -0.269 e. The van der Waals surface area contributed by atoms with Gasteiger partial charge in [-0.15, -0.1) is 0 Å². The first-order chi connectivity index (χ1) is 29.2. The Bertz CT molecular complexity index is 2550. The number of amides is 12. The van der Waals surface area contributed by atoms with Gasteiger partial charge in [0.2, 0.25) is 0 Å². The molecule has 0 saturated heterocycles. The van der Waals surface area contributed by atoms with Crippen molar-refractivity contribution >= 4 is 105 Å². The standard InChI is InChI=1S/C15H10N2O4.2C14H8N2O4/c1-9-2-3-10(16-12(18)4-5-13(16)19)8-11(9)17-14(20)6-7-15(17)21;17-11-5-6-12(18)15(11)9-1-2-10(4-3-9)16-13(19)7-8-14(16)20;17-11-5-6-12(18)15(11)9-3-1-2-4-10(9)16-13(19)7-8-14(16)20/h2-8H,1H3;2*1-8H. The van der Waals surface area contributed by atoms with Crippen LogP contribution in [0.5, 0.6) is 0 Å². The van der Waals surface area contributed by atoms with E-state index in [1.165, 1.54) is 91.1 Å². The largest absolute Gasteiger partial charge is 0.269 e.